The highest BCUT2D eigenvalue weighted by molar-refractivity contribution is 5.45. The summed E-state index contributed by atoms with van der Waals surface area (Å²) in [5, 5.41) is 0. The van der Waals surface area contributed by atoms with Crippen molar-refractivity contribution in [3.05, 3.63) is 17.1 Å². The number of nitrogens with two attached hydrogens (primary N) is 1. The monoisotopic (exact) mass is 236 g/mol. The van der Waals surface area contributed by atoms with Crippen LogP contribution in [0.2, 0.25) is 0 Å². The second-order valence-corrected chi connectivity index (χ2v) is 4.64. The van der Waals surface area contributed by atoms with Crippen molar-refractivity contribution in [2.45, 2.75) is 45.6 Å². The molecule has 1 aliphatic rings. The number of anilines is 1. The van der Waals surface area contributed by atoms with E-state index in [2.05, 4.69) is 22.3 Å². The number of nitrogen functional groups attached to an aromatic ring is 1. The molecule has 0 bridgehead atoms. The Morgan fingerprint density at radius 2 is 2.24 bits per heavy atom. The van der Waals surface area contributed by atoms with Crippen LogP contribution in [0.4, 0.5) is 5.82 Å². The average molecular weight is 236 g/mol. The van der Waals surface area contributed by atoms with Crippen molar-refractivity contribution in [2.75, 3.05) is 12.0 Å². The lowest BCUT2D eigenvalue weighted by molar-refractivity contribution is 0.00928. The predicted octanol–water partition coefficient (Wildman–Crippen LogP) is 1.66. The van der Waals surface area contributed by atoms with Crippen molar-refractivity contribution >= 4 is 5.82 Å². The molecule has 0 aromatic carbocycles. The van der Waals surface area contributed by atoms with Gasteiger partial charge in [0.2, 0.25) is 0 Å². The number of aryl methyl sites for hydroxylation is 1. The average Bonchev–Trinajstić information content (AvgIpc) is 2.76. The van der Waals surface area contributed by atoms with Crippen molar-refractivity contribution in [1.82, 2.24) is 9.97 Å². The van der Waals surface area contributed by atoms with E-state index in [4.69, 9.17) is 10.6 Å². The molecule has 0 amide bonds. The molecule has 0 saturated carbocycles. The zero-order chi connectivity index (χ0) is 12.5. The molecule has 1 aromatic heterocycles. The van der Waals surface area contributed by atoms with Crippen molar-refractivity contribution < 1.29 is 4.74 Å². The van der Waals surface area contributed by atoms with Crippen molar-refractivity contribution in [2.24, 2.45) is 5.84 Å². The van der Waals surface area contributed by atoms with Crippen LogP contribution >= 0.6 is 0 Å². The topological polar surface area (TPSA) is 73.1 Å². The highest BCUT2D eigenvalue weighted by Crippen LogP contribution is 2.34. The number of ether oxygens (including phenoxy) is 1. The quantitative estimate of drug-likeness (QED) is 0.617. The number of nitrogens with zero attached hydrogens (tertiary/aromatic N) is 2. The van der Waals surface area contributed by atoms with E-state index >= 15 is 0 Å². The van der Waals surface area contributed by atoms with E-state index in [9.17, 15) is 0 Å². The number of hydrogen-bond acceptors (Lipinski definition) is 5. The maximum atomic E-state index is 5.76. The predicted molar refractivity (Wildman–Crippen MR) is 66.5 cm³/mol. The fraction of sp³-hybridized carbons (Fsp3) is 0.667. The van der Waals surface area contributed by atoms with Gasteiger partial charge in [0.1, 0.15) is 11.4 Å². The van der Waals surface area contributed by atoms with Crippen LogP contribution in [0.1, 0.15) is 43.8 Å². The lowest BCUT2D eigenvalue weighted by atomic mass is 10.0. The molecule has 1 aromatic rings. The first-order valence-corrected chi connectivity index (χ1v) is 6.09. The number of hydrazine groups is 1. The van der Waals surface area contributed by atoms with E-state index in [1.54, 1.807) is 0 Å². The van der Waals surface area contributed by atoms with E-state index in [-0.39, 0.29) is 5.60 Å². The minimum Gasteiger partial charge on any atom is -0.367 e. The van der Waals surface area contributed by atoms with Gasteiger partial charge in [-0.2, -0.15) is 0 Å². The molecule has 1 atom stereocenters. The molecule has 2 heterocycles. The number of nitrogens with one attached hydrogen (secondary N) is 1. The Balaban J connectivity index is 2.46. The van der Waals surface area contributed by atoms with Gasteiger partial charge in [0, 0.05) is 17.9 Å². The number of hydrogen-bond donors (Lipinski definition) is 2. The number of rotatable bonds is 3. The second kappa shape index (κ2) is 4.58. The summed E-state index contributed by atoms with van der Waals surface area (Å²) >= 11 is 0. The largest absolute Gasteiger partial charge is 0.367 e. The summed E-state index contributed by atoms with van der Waals surface area (Å²) in [5.41, 5.74) is 4.34. The van der Waals surface area contributed by atoms with Gasteiger partial charge in [-0.1, -0.05) is 6.92 Å². The third-order valence-electron chi connectivity index (χ3n) is 3.40. The van der Waals surface area contributed by atoms with Gasteiger partial charge in [0.05, 0.1) is 0 Å². The van der Waals surface area contributed by atoms with E-state index in [0.29, 0.717) is 5.82 Å². The Morgan fingerprint density at radius 3 is 2.76 bits per heavy atom. The highest BCUT2D eigenvalue weighted by atomic mass is 16.5. The Kier molecular flexibility index (Phi) is 3.31. The summed E-state index contributed by atoms with van der Waals surface area (Å²) in [6.07, 6.45) is 2.88. The smallest absolute Gasteiger partial charge is 0.162 e. The molecule has 94 valence electrons. The molecular formula is C12H20N4O. The van der Waals surface area contributed by atoms with Crippen LogP contribution in [0, 0.1) is 6.92 Å². The lowest BCUT2D eigenvalue weighted by Crippen LogP contribution is -2.26. The Morgan fingerprint density at radius 1 is 1.47 bits per heavy atom. The van der Waals surface area contributed by atoms with Gasteiger partial charge in [-0.15, -0.1) is 0 Å². The molecule has 5 nitrogen and oxygen atoms in total. The summed E-state index contributed by atoms with van der Waals surface area (Å²) in [5.74, 6) is 6.97. The zero-order valence-electron chi connectivity index (χ0n) is 10.7. The van der Waals surface area contributed by atoms with Crippen LogP contribution in [-0.2, 0) is 16.8 Å². The summed E-state index contributed by atoms with van der Waals surface area (Å²) in [6, 6.07) is 0. The first-order valence-electron chi connectivity index (χ1n) is 6.09. The van der Waals surface area contributed by atoms with Gasteiger partial charge in [0.25, 0.3) is 0 Å². The first kappa shape index (κ1) is 12.3. The molecule has 2 rings (SSSR count). The Hall–Kier alpha value is -1.20. The molecule has 1 fully saturated rings. The van der Waals surface area contributed by atoms with Gasteiger partial charge >= 0.3 is 0 Å². The minimum absolute atomic E-state index is 0.359. The third-order valence-corrected chi connectivity index (χ3v) is 3.40. The minimum atomic E-state index is -0.359. The van der Waals surface area contributed by atoms with Crippen LogP contribution in [-0.4, -0.2) is 16.6 Å². The molecule has 0 spiro atoms. The fourth-order valence-electron chi connectivity index (χ4n) is 2.33. The molecule has 0 aliphatic carbocycles. The molecule has 0 radical (unpaired) electrons. The SMILES string of the molecule is CCc1c(C)nc(C2(C)CCCO2)nc1NN. The van der Waals surface area contributed by atoms with E-state index < -0.39 is 0 Å². The second-order valence-electron chi connectivity index (χ2n) is 4.64. The van der Waals surface area contributed by atoms with Crippen LogP contribution in [0.3, 0.4) is 0 Å². The van der Waals surface area contributed by atoms with Crippen LogP contribution in [0.5, 0.6) is 0 Å². The first-order chi connectivity index (χ1) is 8.10. The summed E-state index contributed by atoms with van der Waals surface area (Å²) < 4.78 is 5.76. The van der Waals surface area contributed by atoms with E-state index in [0.717, 1.165) is 43.0 Å². The molecule has 1 unspecified atom stereocenters. The van der Waals surface area contributed by atoms with E-state index in [1.165, 1.54) is 0 Å². The standard InChI is InChI=1S/C12H20N4O/c1-4-9-8(2)14-11(15-10(9)16-13)12(3)6-5-7-17-12/h4-7,13H2,1-3H3,(H,14,15,16). The van der Waals surface area contributed by atoms with Crippen LogP contribution in [0.15, 0.2) is 0 Å². The maximum absolute atomic E-state index is 5.76. The normalized spacial score (nSPS) is 24.0. The lowest BCUT2D eigenvalue weighted by Gasteiger charge is -2.23. The zero-order valence-corrected chi connectivity index (χ0v) is 10.7. The van der Waals surface area contributed by atoms with E-state index in [1.807, 2.05) is 13.8 Å². The summed E-state index contributed by atoms with van der Waals surface area (Å²) in [6.45, 7) is 6.88. The molecule has 3 N–H and O–H groups in total. The molecule has 1 aliphatic heterocycles. The van der Waals surface area contributed by atoms with Gasteiger partial charge in [-0.05, 0) is 33.1 Å². The van der Waals surface area contributed by atoms with Crippen LogP contribution in [0.25, 0.3) is 0 Å². The van der Waals surface area contributed by atoms with Gasteiger partial charge in [-0.3, -0.25) is 0 Å². The number of aromatic nitrogens is 2. The molecule has 5 heteroatoms. The Labute approximate surface area is 102 Å². The van der Waals surface area contributed by atoms with Crippen LogP contribution < -0.4 is 11.3 Å². The van der Waals surface area contributed by atoms with Crippen molar-refractivity contribution in [3.8, 4) is 0 Å². The van der Waals surface area contributed by atoms with Crippen molar-refractivity contribution in [1.29, 1.82) is 0 Å². The van der Waals surface area contributed by atoms with Gasteiger partial charge in [-0.25, -0.2) is 15.8 Å². The fourth-order valence-corrected chi connectivity index (χ4v) is 2.33. The molecular weight excluding hydrogens is 216 g/mol. The summed E-state index contributed by atoms with van der Waals surface area (Å²) in [4.78, 5) is 9.08. The van der Waals surface area contributed by atoms with Gasteiger partial charge in [0.15, 0.2) is 5.82 Å². The summed E-state index contributed by atoms with van der Waals surface area (Å²) in [7, 11) is 0. The van der Waals surface area contributed by atoms with Crippen molar-refractivity contribution in [3.63, 3.8) is 0 Å². The molecule has 17 heavy (non-hydrogen) atoms. The molecule has 1 saturated heterocycles. The third kappa shape index (κ3) is 2.12. The maximum Gasteiger partial charge on any atom is 0.162 e. The van der Waals surface area contributed by atoms with Gasteiger partial charge < -0.3 is 10.2 Å². The highest BCUT2D eigenvalue weighted by Gasteiger charge is 2.35. The Bertz CT molecular complexity index is 413.